The second kappa shape index (κ2) is 9.73. The second-order valence-corrected chi connectivity index (χ2v) is 6.03. The Balaban J connectivity index is 2.21. The molecule has 0 radical (unpaired) electrons. The number of ether oxygens (including phenoxy) is 1. The molecule has 3 atom stereocenters. The molecule has 0 spiro atoms. The molecule has 1 aliphatic heterocycles. The summed E-state index contributed by atoms with van der Waals surface area (Å²) in [5.41, 5.74) is 0. The zero-order valence-electron chi connectivity index (χ0n) is 13.5. The fraction of sp³-hybridized carbons (Fsp3) is 1.00. The summed E-state index contributed by atoms with van der Waals surface area (Å²) in [6.45, 7) is 14.7. The fourth-order valence-electron chi connectivity index (χ4n) is 2.69. The summed E-state index contributed by atoms with van der Waals surface area (Å²) in [6.07, 6.45) is 5.83. The summed E-state index contributed by atoms with van der Waals surface area (Å²) in [6, 6.07) is 0. The molecule has 1 saturated heterocycles. The maximum atomic E-state index is 6.15. The van der Waals surface area contributed by atoms with Gasteiger partial charge >= 0.3 is 0 Å². The minimum Gasteiger partial charge on any atom is -0.372 e. The Morgan fingerprint density at radius 1 is 1.21 bits per heavy atom. The summed E-state index contributed by atoms with van der Waals surface area (Å²) in [4.78, 5) is 2.56. The van der Waals surface area contributed by atoms with E-state index in [9.17, 15) is 0 Å². The van der Waals surface area contributed by atoms with Crippen molar-refractivity contribution >= 4 is 0 Å². The SMILES string of the molecule is CCCNCC1CCC(CN(CC)CC(C)CC)O1. The lowest BCUT2D eigenvalue weighted by atomic mass is 10.1. The Hall–Kier alpha value is -0.120. The van der Waals surface area contributed by atoms with Gasteiger partial charge in [-0.15, -0.1) is 0 Å². The molecule has 0 aromatic rings. The predicted octanol–water partition coefficient (Wildman–Crippen LogP) is 2.90. The van der Waals surface area contributed by atoms with Crippen LogP contribution in [0.15, 0.2) is 0 Å². The van der Waals surface area contributed by atoms with E-state index in [4.69, 9.17) is 4.74 Å². The third kappa shape index (κ3) is 6.73. The number of likely N-dealkylation sites (N-methyl/N-ethyl adjacent to an activating group) is 1. The topological polar surface area (TPSA) is 24.5 Å². The summed E-state index contributed by atoms with van der Waals surface area (Å²) in [5, 5.41) is 3.47. The van der Waals surface area contributed by atoms with E-state index in [1.807, 2.05) is 0 Å². The molecular formula is C16H34N2O. The van der Waals surface area contributed by atoms with E-state index in [2.05, 4.69) is 37.9 Å². The lowest BCUT2D eigenvalue weighted by molar-refractivity contribution is 0.0219. The quantitative estimate of drug-likeness (QED) is 0.618. The number of rotatable bonds is 10. The van der Waals surface area contributed by atoms with Crippen molar-refractivity contribution in [3.05, 3.63) is 0 Å². The van der Waals surface area contributed by atoms with Crippen molar-refractivity contribution in [2.75, 3.05) is 32.7 Å². The van der Waals surface area contributed by atoms with Crippen LogP contribution in [0.5, 0.6) is 0 Å². The molecule has 1 aliphatic rings. The molecule has 1 fully saturated rings. The first kappa shape index (κ1) is 16.9. The minimum absolute atomic E-state index is 0.443. The molecule has 0 amide bonds. The van der Waals surface area contributed by atoms with Crippen LogP contribution in [0.2, 0.25) is 0 Å². The Kier molecular flexibility index (Phi) is 8.67. The van der Waals surface area contributed by atoms with Crippen molar-refractivity contribution in [3.63, 3.8) is 0 Å². The Bertz CT molecular complexity index is 223. The van der Waals surface area contributed by atoms with Crippen LogP contribution in [-0.2, 0) is 4.74 Å². The standard InChI is InChI=1S/C16H34N2O/c1-5-10-17-11-15-8-9-16(19-15)13-18(7-3)12-14(4)6-2/h14-17H,5-13H2,1-4H3. The third-order valence-electron chi connectivity index (χ3n) is 4.17. The van der Waals surface area contributed by atoms with E-state index in [-0.39, 0.29) is 0 Å². The summed E-state index contributed by atoms with van der Waals surface area (Å²) in [7, 11) is 0. The van der Waals surface area contributed by atoms with Gasteiger partial charge in [0.25, 0.3) is 0 Å². The first-order chi connectivity index (χ1) is 9.19. The second-order valence-electron chi connectivity index (χ2n) is 6.03. The Morgan fingerprint density at radius 3 is 2.58 bits per heavy atom. The van der Waals surface area contributed by atoms with Gasteiger partial charge in [-0.1, -0.05) is 34.1 Å². The average molecular weight is 270 g/mol. The highest BCUT2D eigenvalue weighted by Gasteiger charge is 2.26. The van der Waals surface area contributed by atoms with E-state index < -0.39 is 0 Å². The Morgan fingerprint density at radius 2 is 1.95 bits per heavy atom. The van der Waals surface area contributed by atoms with Crippen LogP contribution in [0, 0.1) is 5.92 Å². The molecule has 0 aromatic carbocycles. The van der Waals surface area contributed by atoms with Crippen molar-refractivity contribution in [3.8, 4) is 0 Å². The van der Waals surface area contributed by atoms with Crippen LogP contribution in [0.25, 0.3) is 0 Å². The van der Waals surface area contributed by atoms with Gasteiger partial charge in [-0.2, -0.15) is 0 Å². The van der Waals surface area contributed by atoms with Gasteiger partial charge in [-0.05, 0) is 38.3 Å². The highest BCUT2D eigenvalue weighted by molar-refractivity contribution is 4.78. The van der Waals surface area contributed by atoms with Gasteiger partial charge in [0.2, 0.25) is 0 Å². The van der Waals surface area contributed by atoms with E-state index in [0.29, 0.717) is 12.2 Å². The molecular weight excluding hydrogens is 236 g/mol. The zero-order chi connectivity index (χ0) is 14.1. The molecule has 3 unspecified atom stereocenters. The summed E-state index contributed by atoms with van der Waals surface area (Å²) in [5.74, 6) is 0.795. The van der Waals surface area contributed by atoms with Gasteiger partial charge in [-0.3, -0.25) is 0 Å². The molecule has 1 rings (SSSR count). The van der Waals surface area contributed by atoms with Gasteiger partial charge in [0.1, 0.15) is 0 Å². The monoisotopic (exact) mass is 270 g/mol. The number of nitrogens with zero attached hydrogens (tertiary/aromatic N) is 1. The molecule has 114 valence electrons. The van der Waals surface area contributed by atoms with E-state index >= 15 is 0 Å². The van der Waals surface area contributed by atoms with Crippen molar-refractivity contribution < 1.29 is 4.74 Å². The lowest BCUT2D eigenvalue weighted by Crippen LogP contribution is -2.36. The molecule has 3 nitrogen and oxygen atoms in total. The molecule has 0 saturated carbocycles. The van der Waals surface area contributed by atoms with Crippen molar-refractivity contribution in [2.24, 2.45) is 5.92 Å². The van der Waals surface area contributed by atoms with Gasteiger partial charge in [0.05, 0.1) is 12.2 Å². The molecule has 0 aliphatic carbocycles. The van der Waals surface area contributed by atoms with Crippen molar-refractivity contribution in [1.29, 1.82) is 0 Å². The normalized spacial score (nSPS) is 25.1. The van der Waals surface area contributed by atoms with Gasteiger partial charge in [0, 0.05) is 19.6 Å². The van der Waals surface area contributed by atoms with Crippen LogP contribution in [0.1, 0.15) is 53.4 Å². The molecule has 1 N–H and O–H groups in total. The average Bonchev–Trinajstić information content (AvgIpc) is 2.85. The van der Waals surface area contributed by atoms with E-state index in [0.717, 1.165) is 32.1 Å². The molecule has 1 heterocycles. The fourth-order valence-corrected chi connectivity index (χ4v) is 2.69. The summed E-state index contributed by atoms with van der Waals surface area (Å²) < 4.78 is 6.15. The molecule has 3 heteroatoms. The van der Waals surface area contributed by atoms with Crippen molar-refractivity contribution in [1.82, 2.24) is 10.2 Å². The van der Waals surface area contributed by atoms with Crippen LogP contribution in [-0.4, -0.2) is 49.8 Å². The number of hydrogen-bond acceptors (Lipinski definition) is 3. The van der Waals surface area contributed by atoms with Crippen LogP contribution < -0.4 is 5.32 Å². The van der Waals surface area contributed by atoms with Crippen LogP contribution in [0.3, 0.4) is 0 Å². The largest absolute Gasteiger partial charge is 0.372 e. The van der Waals surface area contributed by atoms with Crippen LogP contribution >= 0.6 is 0 Å². The Labute approximate surface area is 120 Å². The third-order valence-corrected chi connectivity index (χ3v) is 4.17. The van der Waals surface area contributed by atoms with E-state index in [1.54, 1.807) is 0 Å². The minimum atomic E-state index is 0.443. The van der Waals surface area contributed by atoms with Crippen LogP contribution in [0.4, 0.5) is 0 Å². The highest BCUT2D eigenvalue weighted by atomic mass is 16.5. The number of hydrogen-bond donors (Lipinski definition) is 1. The highest BCUT2D eigenvalue weighted by Crippen LogP contribution is 2.20. The maximum Gasteiger partial charge on any atom is 0.0707 e. The molecule has 0 aromatic heterocycles. The molecule has 0 bridgehead atoms. The lowest BCUT2D eigenvalue weighted by Gasteiger charge is -2.26. The zero-order valence-corrected chi connectivity index (χ0v) is 13.5. The first-order valence-electron chi connectivity index (χ1n) is 8.28. The smallest absolute Gasteiger partial charge is 0.0707 e. The van der Waals surface area contributed by atoms with Crippen molar-refractivity contribution in [2.45, 2.75) is 65.6 Å². The summed E-state index contributed by atoms with van der Waals surface area (Å²) >= 11 is 0. The maximum absolute atomic E-state index is 6.15. The van der Waals surface area contributed by atoms with Gasteiger partial charge < -0.3 is 15.0 Å². The number of nitrogens with one attached hydrogen (secondary N) is 1. The van der Waals surface area contributed by atoms with E-state index in [1.165, 1.54) is 32.2 Å². The first-order valence-corrected chi connectivity index (χ1v) is 8.28. The van der Waals surface area contributed by atoms with Gasteiger partial charge in [0.15, 0.2) is 0 Å². The predicted molar refractivity (Wildman–Crippen MR) is 82.6 cm³/mol. The van der Waals surface area contributed by atoms with Gasteiger partial charge in [-0.25, -0.2) is 0 Å². The molecule has 19 heavy (non-hydrogen) atoms.